The van der Waals surface area contributed by atoms with Crippen molar-refractivity contribution in [1.82, 2.24) is 10.2 Å². The fourth-order valence-electron chi connectivity index (χ4n) is 2.86. The van der Waals surface area contributed by atoms with Crippen molar-refractivity contribution in [3.05, 3.63) is 68.4 Å². The second-order valence-electron chi connectivity index (χ2n) is 7.77. The third-order valence-corrected chi connectivity index (χ3v) is 6.63. The third-order valence-electron chi connectivity index (χ3n) is 4.74. The maximum absolute atomic E-state index is 14.0. The predicted molar refractivity (Wildman–Crippen MR) is 132 cm³/mol. The first-order valence-electron chi connectivity index (χ1n) is 10.1. The van der Waals surface area contributed by atoms with E-state index in [4.69, 9.17) is 34.8 Å². The molecule has 2 amide bonds. The van der Waals surface area contributed by atoms with Gasteiger partial charge in [0.1, 0.15) is 11.9 Å². The summed E-state index contributed by atoms with van der Waals surface area (Å²) >= 11 is 19.6. The van der Waals surface area contributed by atoms with Crippen LogP contribution in [0.2, 0.25) is 15.1 Å². The summed E-state index contributed by atoms with van der Waals surface area (Å²) in [4.78, 5) is 27.2. The van der Waals surface area contributed by atoms with Gasteiger partial charge in [-0.2, -0.15) is 0 Å². The maximum atomic E-state index is 14.0. The Morgan fingerprint density at radius 3 is 2.44 bits per heavy atom. The van der Waals surface area contributed by atoms with E-state index in [-0.39, 0.29) is 35.8 Å². The van der Waals surface area contributed by atoms with E-state index >= 15 is 0 Å². The standard InChI is InChI=1S/C23H26Cl3FN2O2S/c1-14(2)10-28-23(31)15(3)29(11-16-7-8-17(24)9-20(16)26)22(30)13-32-12-18-19(25)5-4-6-21(18)27/h4-9,14-15H,10-13H2,1-3H3,(H,28,31)/t15-/m1/s1. The van der Waals surface area contributed by atoms with Crippen LogP contribution < -0.4 is 5.32 Å². The second-order valence-corrected chi connectivity index (χ2v) is 10.0. The lowest BCUT2D eigenvalue weighted by atomic mass is 10.1. The number of rotatable bonds is 10. The normalized spacial score (nSPS) is 12.0. The number of carbonyl (C=O) groups excluding carboxylic acids is 2. The van der Waals surface area contributed by atoms with E-state index in [0.29, 0.717) is 32.7 Å². The Hall–Kier alpha value is -1.47. The zero-order valence-electron chi connectivity index (χ0n) is 18.1. The molecular weight excluding hydrogens is 494 g/mol. The molecule has 1 N–H and O–H groups in total. The van der Waals surface area contributed by atoms with Crippen molar-refractivity contribution in [3.63, 3.8) is 0 Å². The van der Waals surface area contributed by atoms with Gasteiger partial charge in [0, 0.05) is 39.5 Å². The zero-order valence-corrected chi connectivity index (χ0v) is 21.2. The summed E-state index contributed by atoms with van der Waals surface area (Å²) in [5.41, 5.74) is 1.03. The number of halogens is 4. The number of hydrogen-bond donors (Lipinski definition) is 1. The molecule has 0 bridgehead atoms. The van der Waals surface area contributed by atoms with E-state index in [9.17, 15) is 14.0 Å². The van der Waals surface area contributed by atoms with E-state index in [2.05, 4.69) is 5.32 Å². The minimum absolute atomic E-state index is 0.0532. The first-order chi connectivity index (χ1) is 15.1. The van der Waals surface area contributed by atoms with Gasteiger partial charge >= 0.3 is 0 Å². The highest BCUT2D eigenvalue weighted by molar-refractivity contribution is 7.99. The molecule has 0 radical (unpaired) electrons. The van der Waals surface area contributed by atoms with Crippen LogP contribution >= 0.6 is 46.6 Å². The van der Waals surface area contributed by atoms with Gasteiger partial charge in [-0.25, -0.2) is 4.39 Å². The van der Waals surface area contributed by atoms with Gasteiger partial charge in [0.25, 0.3) is 0 Å². The highest BCUT2D eigenvalue weighted by Gasteiger charge is 2.27. The molecule has 0 spiro atoms. The van der Waals surface area contributed by atoms with Crippen molar-refractivity contribution in [2.75, 3.05) is 12.3 Å². The summed E-state index contributed by atoms with van der Waals surface area (Å²) in [6, 6.07) is 8.77. The van der Waals surface area contributed by atoms with Crippen LogP contribution in [0.25, 0.3) is 0 Å². The minimum atomic E-state index is -0.717. The van der Waals surface area contributed by atoms with E-state index in [1.54, 1.807) is 31.2 Å². The number of amides is 2. The molecule has 0 saturated carbocycles. The van der Waals surface area contributed by atoms with E-state index in [1.807, 2.05) is 13.8 Å². The monoisotopic (exact) mass is 518 g/mol. The first kappa shape index (κ1) is 26.8. The van der Waals surface area contributed by atoms with Crippen LogP contribution in [-0.4, -0.2) is 35.1 Å². The molecule has 174 valence electrons. The zero-order chi connectivity index (χ0) is 23.8. The number of thioether (sulfide) groups is 1. The van der Waals surface area contributed by atoms with Crippen molar-refractivity contribution in [3.8, 4) is 0 Å². The lowest BCUT2D eigenvalue weighted by Gasteiger charge is -2.29. The van der Waals surface area contributed by atoms with Crippen LogP contribution in [0.4, 0.5) is 4.39 Å². The second kappa shape index (κ2) is 12.7. The quantitative estimate of drug-likeness (QED) is 0.406. The van der Waals surface area contributed by atoms with Crippen molar-refractivity contribution in [2.24, 2.45) is 5.92 Å². The van der Waals surface area contributed by atoms with Gasteiger partial charge in [-0.3, -0.25) is 9.59 Å². The fourth-order valence-corrected chi connectivity index (χ4v) is 4.58. The number of nitrogens with zero attached hydrogens (tertiary/aromatic N) is 1. The molecule has 0 saturated heterocycles. The Bertz CT molecular complexity index is 939. The maximum Gasteiger partial charge on any atom is 0.242 e. The number of benzene rings is 2. The highest BCUT2D eigenvalue weighted by atomic mass is 35.5. The average Bonchev–Trinajstić information content (AvgIpc) is 2.73. The van der Waals surface area contributed by atoms with Gasteiger partial charge in [0.2, 0.25) is 11.8 Å². The van der Waals surface area contributed by atoms with Crippen molar-refractivity contribution >= 4 is 58.4 Å². The molecular formula is C23H26Cl3FN2O2S. The molecule has 2 aromatic carbocycles. The molecule has 0 heterocycles. The lowest BCUT2D eigenvalue weighted by Crippen LogP contribution is -2.48. The average molecular weight is 520 g/mol. The Labute approximate surface area is 207 Å². The molecule has 4 nitrogen and oxygen atoms in total. The Morgan fingerprint density at radius 1 is 1.09 bits per heavy atom. The van der Waals surface area contributed by atoms with Crippen LogP contribution in [0.3, 0.4) is 0 Å². The van der Waals surface area contributed by atoms with E-state index in [1.165, 1.54) is 28.8 Å². The third kappa shape index (κ3) is 7.84. The number of hydrogen-bond acceptors (Lipinski definition) is 3. The Morgan fingerprint density at radius 2 is 1.81 bits per heavy atom. The molecule has 0 unspecified atom stereocenters. The molecule has 0 aliphatic rings. The fraction of sp³-hybridized carbons (Fsp3) is 0.391. The molecule has 0 aromatic heterocycles. The molecule has 2 aromatic rings. The van der Waals surface area contributed by atoms with Crippen LogP contribution in [-0.2, 0) is 21.9 Å². The summed E-state index contributed by atoms with van der Waals surface area (Å²) < 4.78 is 14.0. The molecule has 0 fully saturated rings. The van der Waals surface area contributed by atoms with Crippen LogP contribution in [0, 0.1) is 11.7 Å². The predicted octanol–water partition coefficient (Wildman–Crippen LogP) is 6.21. The van der Waals surface area contributed by atoms with Crippen LogP contribution in [0.1, 0.15) is 31.9 Å². The summed E-state index contributed by atoms with van der Waals surface area (Å²) in [6.07, 6.45) is 0. The largest absolute Gasteiger partial charge is 0.354 e. The van der Waals surface area contributed by atoms with E-state index < -0.39 is 11.9 Å². The van der Waals surface area contributed by atoms with Gasteiger partial charge in [-0.1, -0.05) is 60.8 Å². The Kier molecular flexibility index (Phi) is 10.6. The minimum Gasteiger partial charge on any atom is -0.354 e. The summed E-state index contributed by atoms with van der Waals surface area (Å²) in [5, 5.41) is 4.07. The van der Waals surface area contributed by atoms with Gasteiger partial charge in [0.15, 0.2) is 0 Å². The summed E-state index contributed by atoms with van der Waals surface area (Å²) in [7, 11) is 0. The van der Waals surface area contributed by atoms with E-state index in [0.717, 1.165) is 0 Å². The Balaban J connectivity index is 2.14. The molecule has 0 aliphatic heterocycles. The van der Waals surface area contributed by atoms with Crippen LogP contribution in [0.5, 0.6) is 0 Å². The topological polar surface area (TPSA) is 49.4 Å². The SMILES string of the molecule is CC(C)CNC(=O)[C@@H](C)N(Cc1ccc(Cl)cc1Cl)C(=O)CSCc1c(F)cccc1Cl. The molecule has 0 aliphatic carbocycles. The molecule has 1 atom stereocenters. The highest BCUT2D eigenvalue weighted by Crippen LogP contribution is 2.26. The van der Waals surface area contributed by atoms with Gasteiger partial charge < -0.3 is 10.2 Å². The van der Waals surface area contributed by atoms with Crippen molar-refractivity contribution in [1.29, 1.82) is 0 Å². The van der Waals surface area contributed by atoms with Crippen molar-refractivity contribution < 1.29 is 14.0 Å². The number of nitrogens with one attached hydrogen (secondary N) is 1. The lowest BCUT2D eigenvalue weighted by molar-refractivity contribution is -0.138. The van der Waals surface area contributed by atoms with Crippen LogP contribution in [0.15, 0.2) is 36.4 Å². The first-order valence-corrected chi connectivity index (χ1v) is 12.4. The smallest absolute Gasteiger partial charge is 0.242 e. The molecule has 2 rings (SSSR count). The molecule has 9 heteroatoms. The summed E-state index contributed by atoms with van der Waals surface area (Å²) in [5.74, 6) is -0.357. The van der Waals surface area contributed by atoms with Gasteiger partial charge in [0.05, 0.1) is 5.75 Å². The van der Waals surface area contributed by atoms with Gasteiger partial charge in [-0.05, 0) is 42.7 Å². The van der Waals surface area contributed by atoms with Crippen molar-refractivity contribution in [2.45, 2.75) is 39.1 Å². The molecule has 32 heavy (non-hydrogen) atoms. The number of carbonyl (C=O) groups is 2. The summed E-state index contributed by atoms with van der Waals surface area (Å²) in [6.45, 7) is 6.31. The van der Waals surface area contributed by atoms with Gasteiger partial charge in [-0.15, -0.1) is 11.8 Å².